The zero-order chi connectivity index (χ0) is 19.2. The Kier molecular flexibility index (Phi) is 5.72. The minimum absolute atomic E-state index is 0.153. The fourth-order valence-corrected chi connectivity index (χ4v) is 2.45. The highest BCUT2D eigenvalue weighted by molar-refractivity contribution is 9.10. The summed E-state index contributed by atoms with van der Waals surface area (Å²) < 4.78 is 11.8. The van der Waals surface area contributed by atoms with Crippen LogP contribution in [0.15, 0.2) is 59.3 Å². The first-order chi connectivity index (χ1) is 13.1. The third-order valence-corrected chi connectivity index (χ3v) is 4.05. The summed E-state index contributed by atoms with van der Waals surface area (Å²) in [5.74, 6) is 0.988. The molecule has 0 spiro atoms. The van der Waals surface area contributed by atoms with Crippen molar-refractivity contribution in [3.05, 3.63) is 64.9 Å². The number of rotatable bonds is 6. The van der Waals surface area contributed by atoms with E-state index in [-0.39, 0.29) is 17.4 Å². The van der Waals surface area contributed by atoms with E-state index in [1.807, 2.05) is 12.1 Å². The molecule has 1 amide bonds. The number of hydrogen-bond donors (Lipinski definition) is 3. The molecule has 0 fully saturated rings. The molecule has 4 N–H and O–H groups in total. The minimum atomic E-state index is -0.402. The molecular weight excluding hydrogens is 414 g/mol. The monoisotopic (exact) mass is 429 g/mol. The Hall–Kier alpha value is -3.33. The fraction of sp³-hybridized carbons (Fsp3) is 0.0556. The second kappa shape index (κ2) is 8.37. The Labute approximate surface area is 163 Å². The average Bonchev–Trinajstić information content (AvgIpc) is 2.70. The molecule has 0 saturated carbocycles. The number of ether oxygens (including phenoxy) is 2. The smallest absolute Gasteiger partial charge is 0.273 e. The summed E-state index contributed by atoms with van der Waals surface area (Å²) in [7, 11) is 1.49. The first-order valence-electron chi connectivity index (χ1n) is 7.81. The van der Waals surface area contributed by atoms with Crippen LogP contribution in [0.2, 0.25) is 0 Å². The second-order valence-electron chi connectivity index (χ2n) is 5.28. The number of aromatic nitrogens is 2. The number of para-hydroxylation sites is 1. The van der Waals surface area contributed by atoms with Crippen molar-refractivity contribution in [2.45, 2.75) is 0 Å². The Morgan fingerprint density at radius 1 is 1.11 bits per heavy atom. The van der Waals surface area contributed by atoms with Crippen LogP contribution in [-0.4, -0.2) is 23.0 Å². The summed E-state index contributed by atoms with van der Waals surface area (Å²) in [4.78, 5) is 20.4. The molecule has 0 unspecified atom stereocenters. The molecule has 0 aliphatic rings. The van der Waals surface area contributed by atoms with Crippen LogP contribution in [0.1, 0.15) is 10.4 Å². The van der Waals surface area contributed by atoms with E-state index >= 15 is 0 Å². The lowest BCUT2D eigenvalue weighted by Crippen LogP contribution is -2.30. The van der Waals surface area contributed by atoms with Crippen LogP contribution < -0.4 is 26.1 Å². The van der Waals surface area contributed by atoms with Crippen LogP contribution in [0.25, 0.3) is 0 Å². The van der Waals surface area contributed by atoms with Gasteiger partial charge in [0, 0.05) is 4.47 Å². The van der Waals surface area contributed by atoms with E-state index in [2.05, 4.69) is 36.7 Å². The molecule has 9 heteroatoms. The number of benzene rings is 2. The van der Waals surface area contributed by atoms with Crippen molar-refractivity contribution in [3.8, 4) is 17.4 Å². The quantitative estimate of drug-likeness (QED) is 0.514. The summed E-state index contributed by atoms with van der Waals surface area (Å²) in [6.07, 6.45) is 1.28. The Balaban J connectivity index is 1.72. The molecule has 0 aliphatic heterocycles. The normalized spacial score (nSPS) is 10.1. The van der Waals surface area contributed by atoms with Gasteiger partial charge in [-0.3, -0.25) is 15.6 Å². The fourth-order valence-electron chi connectivity index (χ4n) is 2.19. The zero-order valence-corrected chi connectivity index (χ0v) is 15.9. The molecule has 3 aromatic rings. The van der Waals surface area contributed by atoms with Crippen molar-refractivity contribution in [1.82, 2.24) is 15.4 Å². The predicted molar refractivity (Wildman–Crippen MR) is 105 cm³/mol. The highest BCUT2D eigenvalue weighted by Gasteiger charge is 2.14. The standard InChI is InChI=1S/C18H16BrN5O3/c1-26-14-5-3-2-4-13(14)17(25)24-23-16-15(20)18(22-10-21-16)27-12-8-6-11(19)7-9-12/h2-10H,20H2,1H3,(H,24,25)(H,21,22,23). The Bertz CT molecular complexity index is 950. The number of nitrogens with two attached hydrogens (primary N) is 1. The number of hydrazine groups is 1. The van der Waals surface area contributed by atoms with Gasteiger partial charge in [-0.2, -0.15) is 4.98 Å². The topological polar surface area (TPSA) is 111 Å². The van der Waals surface area contributed by atoms with Crippen LogP contribution >= 0.6 is 15.9 Å². The molecule has 1 heterocycles. The lowest BCUT2D eigenvalue weighted by atomic mass is 10.2. The lowest BCUT2D eigenvalue weighted by molar-refractivity contribution is 0.0959. The number of nitrogens with zero attached hydrogens (tertiary/aromatic N) is 2. The van der Waals surface area contributed by atoms with Gasteiger partial charge in [-0.05, 0) is 36.4 Å². The van der Waals surface area contributed by atoms with Crippen LogP contribution in [0.5, 0.6) is 17.4 Å². The number of anilines is 2. The van der Waals surface area contributed by atoms with Crippen LogP contribution in [0.3, 0.4) is 0 Å². The van der Waals surface area contributed by atoms with E-state index in [0.717, 1.165) is 4.47 Å². The third kappa shape index (κ3) is 4.45. The molecule has 3 rings (SSSR count). The summed E-state index contributed by atoms with van der Waals surface area (Å²) in [5, 5.41) is 0. The number of halogens is 1. The number of amides is 1. The van der Waals surface area contributed by atoms with E-state index in [1.165, 1.54) is 13.4 Å². The molecule has 1 aromatic heterocycles. The SMILES string of the molecule is COc1ccccc1C(=O)NNc1ncnc(Oc2ccc(Br)cc2)c1N. The number of carbonyl (C=O) groups excluding carboxylic acids is 1. The van der Waals surface area contributed by atoms with Gasteiger partial charge in [0.15, 0.2) is 5.82 Å². The molecule has 0 saturated heterocycles. The highest BCUT2D eigenvalue weighted by atomic mass is 79.9. The molecule has 138 valence electrons. The van der Waals surface area contributed by atoms with Crippen molar-refractivity contribution in [2.75, 3.05) is 18.3 Å². The molecular formula is C18H16BrN5O3. The van der Waals surface area contributed by atoms with Crippen molar-refractivity contribution in [1.29, 1.82) is 0 Å². The number of nitrogens with one attached hydrogen (secondary N) is 2. The molecule has 0 radical (unpaired) electrons. The summed E-state index contributed by atoms with van der Waals surface area (Å²) >= 11 is 3.36. The van der Waals surface area contributed by atoms with Crippen molar-refractivity contribution in [2.24, 2.45) is 0 Å². The van der Waals surface area contributed by atoms with Gasteiger partial charge >= 0.3 is 0 Å². The maximum absolute atomic E-state index is 12.3. The van der Waals surface area contributed by atoms with Gasteiger partial charge in [-0.25, -0.2) is 4.98 Å². The molecule has 0 bridgehead atoms. The zero-order valence-electron chi connectivity index (χ0n) is 14.3. The molecule has 8 nitrogen and oxygen atoms in total. The molecule has 2 aromatic carbocycles. The predicted octanol–water partition coefficient (Wildman–Crippen LogP) is 3.38. The van der Waals surface area contributed by atoms with E-state index in [4.69, 9.17) is 15.2 Å². The van der Waals surface area contributed by atoms with Gasteiger partial charge < -0.3 is 15.2 Å². The highest BCUT2D eigenvalue weighted by Crippen LogP contribution is 2.29. The van der Waals surface area contributed by atoms with Crippen molar-refractivity contribution < 1.29 is 14.3 Å². The van der Waals surface area contributed by atoms with Crippen molar-refractivity contribution >= 4 is 33.3 Å². The van der Waals surface area contributed by atoms with Gasteiger partial charge in [0.05, 0.1) is 12.7 Å². The number of hydrogen-bond acceptors (Lipinski definition) is 7. The average molecular weight is 430 g/mol. The van der Waals surface area contributed by atoms with Crippen LogP contribution in [-0.2, 0) is 0 Å². The van der Waals surface area contributed by atoms with E-state index in [0.29, 0.717) is 17.1 Å². The van der Waals surface area contributed by atoms with Crippen molar-refractivity contribution in [3.63, 3.8) is 0 Å². The number of nitrogen functional groups attached to an aromatic ring is 1. The maximum atomic E-state index is 12.3. The van der Waals surface area contributed by atoms with Gasteiger partial charge in [-0.1, -0.05) is 28.1 Å². The van der Waals surface area contributed by atoms with Gasteiger partial charge in [0.1, 0.15) is 23.5 Å². The second-order valence-corrected chi connectivity index (χ2v) is 6.19. The third-order valence-electron chi connectivity index (χ3n) is 3.52. The summed E-state index contributed by atoms with van der Waals surface area (Å²) in [6.45, 7) is 0. The number of methoxy groups -OCH3 is 1. The van der Waals surface area contributed by atoms with E-state index < -0.39 is 5.91 Å². The number of carbonyl (C=O) groups is 1. The molecule has 0 atom stereocenters. The Morgan fingerprint density at radius 2 is 1.85 bits per heavy atom. The van der Waals surface area contributed by atoms with E-state index in [9.17, 15) is 4.79 Å². The maximum Gasteiger partial charge on any atom is 0.273 e. The summed E-state index contributed by atoms with van der Waals surface area (Å²) in [5.41, 5.74) is 11.8. The lowest BCUT2D eigenvalue weighted by Gasteiger charge is -2.13. The van der Waals surface area contributed by atoms with Crippen LogP contribution in [0, 0.1) is 0 Å². The first-order valence-corrected chi connectivity index (χ1v) is 8.61. The summed E-state index contributed by atoms with van der Waals surface area (Å²) in [6, 6.07) is 14.0. The largest absolute Gasteiger partial charge is 0.496 e. The van der Waals surface area contributed by atoms with Crippen LogP contribution in [0.4, 0.5) is 11.5 Å². The minimum Gasteiger partial charge on any atom is -0.496 e. The molecule has 0 aliphatic carbocycles. The Morgan fingerprint density at radius 3 is 2.59 bits per heavy atom. The van der Waals surface area contributed by atoms with Gasteiger partial charge in [0.2, 0.25) is 5.88 Å². The van der Waals surface area contributed by atoms with Gasteiger partial charge in [-0.15, -0.1) is 0 Å². The molecule has 27 heavy (non-hydrogen) atoms. The van der Waals surface area contributed by atoms with E-state index in [1.54, 1.807) is 36.4 Å². The van der Waals surface area contributed by atoms with Gasteiger partial charge in [0.25, 0.3) is 5.91 Å². The first kappa shape index (κ1) is 18.5.